The lowest BCUT2D eigenvalue weighted by Crippen LogP contribution is -2.19. The Morgan fingerprint density at radius 1 is 1.24 bits per heavy atom. The van der Waals surface area contributed by atoms with Crippen LogP contribution in [-0.4, -0.2) is 33.0 Å². The summed E-state index contributed by atoms with van der Waals surface area (Å²) in [4.78, 5) is 17.2. The molecule has 0 bridgehead atoms. The number of fused-ring (bicyclic) bond motifs is 3. The van der Waals surface area contributed by atoms with Crippen LogP contribution in [0.15, 0.2) is 53.7 Å². The van der Waals surface area contributed by atoms with Crippen molar-refractivity contribution in [2.45, 2.75) is 6.54 Å². The van der Waals surface area contributed by atoms with Crippen molar-refractivity contribution >= 4 is 33.4 Å². The fourth-order valence-corrected chi connectivity index (χ4v) is 3.12. The molecule has 3 heterocycles. The zero-order valence-corrected chi connectivity index (χ0v) is 14.3. The van der Waals surface area contributed by atoms with Crippen LogP contribution in [0.3, 0.4) is 0 Å². The average molecular weight is 355 g/mol. The van der Waals surface area contributed by atoms with Crippen molar-refractivity contribution in [3.63, 3.8) is 0 Å². The molecule has 0 aliphatic rings. The lowest BCUT2D eigenvalue weighted by atomic mass is 10.1. The molecule has 1 aromatic carbocycles. The van der Waals surface area contributed by atoms with E-state index in [9.17, 15) is 4.79 Å². The average Bonchev–Trinajstić information content (AvgIpc) is 3.05. The van der Waals surface area contributed by atoms with Gasteiger partial charge in [0.05, 0.1) is 30.6 Å². The third-order valence-corrected chi connectivity index (χ3v) is 4.32. The molecule has 6 nitrogen and oxygen atoms in total. The number of nitrogens with zero attached hydrogens (tertiary/aromatic N) is 4. The Morgan fingerprint density at radius 2 is 2.12 bits per heavy atom. The largest absolute Gasteiger partial charge is 0.383 e. The first kappa shape index (κ1) is 15.8. The Kier molecular flexibility index (Phi) is 3.99. The van der Waals surface area contributed by atoms with Crippen molar-refractivity contribution in [1.29, 1.82) is 0 Å². The van der Waals surface area contributed by atoms with Gasteiger partial charge in [-0.05, 0) is 24.3 Å². The number of hydrogen-bond acceptors (Lipinski definition) is 4. The SMILES string of the molecule is COCCn1cc2c(n1)c(=O)n(-c1cccnc1)c1cc(Cl)ccc21. The van der Waals surface area contributed by atoms with Crippen LogP contribution in [0, 0.1) is 0 Å². The van der Waals surface area contributed by atoms with Crippen molar-refractivity contribution in [1.82, 2.24) is 19.3 Å². The molecule has 3 aromatic heterocycles. The zero-order chi connectivity index (χ0) is 17.4. The number of ether oxygens (including phenoxy) is 1. The van der Waals surface area contributed by atoms with Crippen LogP contribution < -0.4 is 5.56 Å². The van der Waals surface area contributed by atoms with E-state index in [1.165, 1.54) is 0 Å². The molecule has 0 saturated carbocycles. The smallest absolute Gasteiger partial charge is 0.284 e. The summed E-state index contributed by atoms with van der Waals surface area (Å²) in [6.07, 6.45) is 5.19. The third kappa shape index (κ3) is 2.69. The van der Waals surface area contributed by atoms with Gasteiger partial charge in [-0.3, -0.25) is 19.0 Å². The summed E-state index contributed by atoms with van der Waals surface area (Å²) in [5.41, 5.74) is 1.61. The molecule has 7 heteroatoms. The fraction of sp³-hybridized carbons (Fsp3) is 0.167. The van der Waals surface area contributed by atoms with Gasteiger partial charge in [0.1, 0.15) is 0 Å². The first-order chi connectivity index (χ1) is 12.2. The van der Waals surface area contributed by atoms with Crippen molar-refractivity contribution < 1.29 is 4.74 Å². The molecule has 0 spiro atoms. The van der Waals surface area contributed by atoms with E-state index in [-0.39, 0.29) is 5.56 Å². The molecule has 0 amide bonds. The van der Waals surface area contributed by atoms with Crippen LogP contribution in [0.2, 0.25) is 5.02 Å². The molecule has 0 atom stereocenters. The second-order valence-corrected chi connectivity index (χ2v) is 6.10. The first-order valence-electron chi connectivity index (χ1n) is 7.80. The highest BCUT2D eigenvalue weighted by atomic mass is 35.5. The number of halogens is 1. The highest BCUT2D eigenvalue weighted by Crippen LogP contribution is 2.26. The maximum Gasteiger partial charge on any atom is 0.284 e. The Labute approximate surface area is 148 Å². The molecule has 0 N–H and O–H groups in total. The number of pyridine rings is 2. The highest BCUT2D eigenvalue weighted by Gasteiger charge is 2.16. The number of methoxy groups -OCH3 is 1. The van der Waals surface area contributed by atoms with Gasteiger partial charge in [0.15, 0.2) is 5.52 Å². The standard InChI is InChI=1S/C18H15ClN4O2/c1-25-8-7-22-11-15-14-5-4-12(19)9-16(14)23(18(24)17(15)21-22)13-3-2-6-20-10-13/h2-6,9-11H,7-8H2,1H3. The molecular formula is C18H15ClN4O2. The minimum Gasteiger partial charge on any atom is -0.383 e. The van der Waals surface area contributed by atoms with Crippen LogP contribution >= 0.6 is 11.6 Å². The Bertz CT molecular complexity index is 1120. The van der Waals surface area contributed by atoms with Crippen LogP contribution in [0.25, 0.3) is 27.5 Å². The predicted molar refractivity (Wildman–Crippen MR) is 97.5 cm³/mol. The summed E-state index contributed by atoms with van der Waals surface area (Å²) < 4.78 is 8.43. The molecule has 0 aliphatic heterocycles. The van der Waals surface area contributed by atoms with Gasteiger partial charge in [-0.25, -0.2) is 0 Å². The predicted octanol–water partition coefficient (Wildman–Crippen LogP) is 3.04. The van der Waals surface area contributed by atoms with Crippen molar-refractivity contribution in [3.8, 4) is 5.69 Å². The van der Waals surface area contributed by atoms with Gasteiger partial charge in [0, 0.05) is 35.3 Å². The number of hydrogen-bond donors (Lipinski definition) is 0. The quantitative estimate of drug-likeness (QED) is 0.565. The lowest BCUT2D eigenvalue weighted by molar-refractivity contribution is 0.184. The van der Waals surface area contributed by atoms with Crippen LogP contribution in [-0.2, 0) is 11.3 Å². The van der Waals surface area contributed by atoms with Gasteiger partial charge < -0.3 is 4.74 Å². The van der Waals surface area contributed by atoms with Crippen LogP contribution in [0.1, 0.15) is 0 Å². The first-order valence-corrected chi connectivity index (χ1v) is 8.17. The molecule has 4 rings (SSSR count). The number of aromatic nitrogens is 4. The van der Waals surface area contributed by atoms with Gasteiger partial charge in [0.2, 0.25) is 0 Å². The Morgan fingerprint density at radius 3 is 2.88 bits per heavy atom. The normalized spacial score (nSPS) is 11.4. The summed E-state index contributed by atoms with van der Waals surface area (Å²) in [5, 5.41) is 6.73. The van der Waals surface area contributed by atoms with Gasteiger partial charge in [0.25, 0.3) is 5.56 Å². The van der Waals surface area contributed by atoms with Crippen molar-refractivity contribution in [2.24, 2.45) is 0 Å². The lowest BCUT2D eigenvalue weighted by Gasteiger charge is -2.10. The molecule has 0 radical (unpaired) electrons. The Balaban J connectivity index is 2.10. The molecule has 0 saturated heterocycles. The van der Waals surface area contributed by atoms with E-state index < -0.39 is 0 Å². The van der Waals surface area contributed by atoms with Gasteiger partial charge >= 0.3 is 0 Å². The van der Waals surface area contributed by atoms with Gasteiger partial charge in [-0.15, -0.1) is 0 Å². The Hall–Kier alpha value is -2.70. The second-order valence-electron chi connectivity index (χ2n) is 5.66. The summed E-state index contributed by atoms with van der Waals surface area (Å²) >= 11 is 6.19. The van der Waals surface area contributed by atoms with Crippen molar-refractivity contribution in [2.75, 3.05) is 13.7 Å². The fourth-order valence-electron chi connectivity index (χ4n) is 2.95. The summed E-state index contributed by atoms with van der Waals surface area (Å²) in [6.45, 7) is 1.10. The van der Waals surface area contributed by atoms with E-state index in [0.717, 1.165) is 16.3 Å². The summed E-state index contributed by atoms with van der Waals surface area (Å²) in [5.74, 6) is 0. The number of rotatable bonds is 4. The zero-order valence-electron chi connectivity index (χ0n) is 13.5. The van der Waals surface area contributed by atoms with E-state index in [1.807, 2.05) is 24.4 Å². The van der Waals surface area contributed by atoms with E-state index >= 15 is 0 Å². The van der Waals surface area contributed by atoms with E-state index in [4.69, 9.17) is 16.3 Å². The maximum absolute atomic E-state index is 13.1. The maximum atomic E-state index is 13.1. The van der Waals surface area contributed by atoms with E-state index in [2.05, 4.69) is 10.1 Å². The molecule has 0 unspecified atom stereocenters. The second kappa shape index (κ2) is 6.31. The van der Waals surface area contributed by atoms with Crippen LogP contribution in [0.4, 0.5) is 0 Å². The molecular weight excluding hydrogens is 340 g/mol. The van der Waals surface area contributed by atoms with E-state index in [1.54, 1.807) is 40.9 Å². The molecule has 126 valence electrons. The minimum absolute atomic E-state index is 0.200. The van der Waals surface area contributed by atoms with E-state index in [0.29, 0.717) is 29.4 Å². The minimum atomic E-state index is -0.200. The monoisotopic (exact) mass is 354 g/mol. The summed E-state index contributed by atoms with van der Waals surface area (Å²) in [7, 11) is 1.63. The molecule has 25 heavy (non-hydrogen) atoms. The topological polar surface area (TPSA) is 61.9 Å². The molecule has 0 fully saturated rings. The third-order valence-electron chi connectivity index (χ3n) is 4.09. The molecule has 0 aliphatic carbocycles. The van der Waals surface area contributed by atoms with Gasteiger partial charge in [-0.1, -0.05) is 17.7 Å². The summed E-state index contributed by atoms with van der Waals surface area (Å²) in [6, 6.07) is 9.14. The van der Waals surface area contributed by atoms with Crippen molar-refractivity contribution in [3.05, 3.63) is 64.3 Å². The molecule has 4 aromatic rings. The number of benzene rings is 1. The van der Waals surface area contributed by atoms with Gasteiger partial charge in [-0.2, -0.15) is 5.10 Å². The highest BCUT2D eigenvalue weighted by molar-refractivity contribution is 6.31. The van der Waals surface area contributed by atoms with Crippen LogP contribution in [0.5, 0.6) is 0 Å².